The third-order valence-corrected chi connectivity index (χ3v) is 7.73. The van der Waals surface area contributed by atoms with Crippen LogP contribution in [0.4, 0.5) is 8.78 Å². The minimum atomic E-state index is -1.02. The Hall–Kier alpha value is -2.84. The van der Waals surface area contributed by atoms with Crippen molar-refractivity contribution in [1.29, 1.82) is 0 Å². The SMILES string of the molecule is CCCCN1CC(C(=O)N[C@@H](Cc2cc(F)cc(F)c2)[C@H](O)[C@H]2Cc3ccccc3CN2)[C@H](CC)C1=O. The van der Waals surface area contributed by atoms with Crippen LogP contribution in [0.15, 0.2) is 42.5 Å². The summed E-state index contributed by atoms with van der Waals surface area (Å²) in [5.41, 5.74) is 2.62. The van der Waals surface area contributed by atoms with E-state index in [0.29, 0.717) is 38.0 Å². The Morgan fingerprint density at radius 1 is 1.16 bits per heavy atom. The second-order valence-electron chi connectivity index (χ2n) is 10.3. The Bertz CT molecular complexity index is 1090. The van der Waals surface area contributed by atoms with Crippen LogP contribution in [-0.4, -0.2) is 53.1 Å². The second kappa shape index (κ2) is 12.1. The van der Waals surface area contributed by atoms with Gasteiger partial charge in [0.15, 0.2) is 0 Å². The van der Waals surface area contributed by atoms with Crippen LogP contribution in [0, 0.1) is 23.5 Å². The summed E-state index contributed by atoms with van der Waals surface area (Å²) in [6.45, 7) is 5.50. The third kappa shape index (κ3) is 6.36. The zero-order valence-electron chi connectivity index (χ0n) is 21.6. The first-order chi connectivity index (χ1) is 17.8. The van der Waals surface area contributed by atoms with Crippen molar-refractivity contribution >= 4 is 11.8 Å². The van der Waals surface area contributed by atoms with Crippen LogP contribution in [0.3, 0.4) is 0 Å². The van der Waals surface area contributed by atoms with Crippen molar-refractivity contribution in [3.8, 4) is 0 Å². The highest BCUT2D eigenvalue weighted by Crippen LogP contribution is 2.29. The molecule has 2 amide bonds. The number of aliphatic hydroxyl groups is 1. The number of unbranched alkanes of at least 4 members (excludes halogenated alkanes) is 1. The zero-order chi connectivity index (χ0) is 26.5. The molecule has 1 unspecified atom stereocenters. The fourth-order valence-electron chi connectivity index (χ4n) is 5.67. The second-order valence-corrected chi connectivity index (χ2v) is 10.3. The molecule has 0 saturated carbocycles. The van der Waals surface area contributed by atoms with Gasteiger partial charge in [0, 0.05) is 31.7 Å². The number of hydrogen-bond donors (Lipinski definition) is 3. The molecule has 0 aliphatic carbocycles. The molecule has 3 N–H and O–H groups in total. The monoisotopic (exact) mass is 513 g/mol. The van der Waals surface area contributed by atoms with Crippen LogP contribution in [0.25, 0.3) is 0 Å². The molecule has 2 heterocycles. The molecule has 8 heteroatoms. The first kappa shape index (κ1) is 27.2. The summed E-state index contributed by atoms with van der Waals surface area (Å²) in [4.78, 5) is 28.2. The maximum Gasteiger partial charge on any atom is 0.226 e. The highest BCUT2D eigenvalue weighted by atomic mass is 19.1. The number of nitrogens with one attached hydrogen (secondary N) is 2. The molecule has 2 aliphatic heterocycles. The zero-order valence-corrected chi connectivity index (χ0v) is 21.6. The maximum absolute atomic E-state index is 13.9. The van der Waals surface area contributed by atoms with Crippen LogP contribution < -0.4 is 10.6 Å². The Morgan fingerprint density at radius 3 is 2.54 bits per heavy atom. The molecule has 1 saturated heterocycles. The molecule has 37 heavy (non-hydrogen) atoms. The van der Waals surface area contributed by atoms with Crippen molar-refractivity contribution < 1.29 is 23.5 Å². The van der Waals surface area contributed by atoms with E-state index in [1.807, 2.05) is 31.2 Å². The lowest BCUT2D eigenvalue weighted by Crippen LogP contribution is -2.56. The number of fused-ring (bicyclic) bond motifs is 1. The molecule has 0 radical (unpaired) electrons. The number of nitrogens with zero attached hydrogens (tertiary/aromatic N) is 1. The van der Waals surface area contributed by atoms with Gasteiger partial charge in [-0.25, -0.2) is 8.78 Å². The van der Waals surface area contributed by atoms with E-state index in [9.17, 15) is 23.5 Å². The predicted octanol–water partition coefficient (Wildman–Crippen LogP) is 3.35. The van der Waals surface area contributed by atoms with Gasteiger partial charge in [-0.15, -0.1) is 0 Å². The van der Waals surface area contributed by atoms with Gasteiger partial charge in [-0.05, 0) is 54.5 Å². The Morgan fingerprint density at radius 2 is 1.86 bits per heavy atom. The van der Waals surface area contributed by atoms with Gasteiger partial charge in [-0.3, -0.25) is 9.59 Å². The molecule has 2 aliphatic rings. The summed E-state index contributed by atoms with van der Waals surface area (Å²) in [5, 5.41) is 17.8. The number of carbonyl (C=O) groups excluding carboxylic acids is 2. The highest BCUT2D eigenvalue weighted by molar-refractivity contribution is 5.91. The van der Waals surface area contributed by atoms with E-state index in [-0.39, 0.29) is 24.3 Å². The summed E-state index contributed by atoms with van der Waals surface area (Å²) in [6.07, 6.45) is 1.97. The quantitative estimate of drug-likeness (QED) is 0.455. The largest absolute Gasteiger partial charge is 0.389 e. The first-order valence-electron chi connectivity index (χ1n) is 13.3. The standard InChI is InChI=1S/C29H37F2N3O3/c1-3-5-10-34-17-24(23(4-2)29(34)37)28(36)33-26(13-18-11-21(30)15-22(31)12-18)27(35)25-14-19-8-6-7-9-20(19)16-32-25/h6-9,11-12,15,23-27,32,35H,3-5,10,13-14,16-17H2,1-2H3,(H,33,36)/t23-,24?,25+,26-,27+/m0/s1. The summed E-state index contributed by atoms with van der Waals surface area (Å²) in [5.74, 6) is -2.69. The predicted molar refractivity (Wildman–Crippen MR) is 138 cm³/mol. The van der Waals surface area contributed by atoms with Gasteiger partial charge >= 0.3 is 0 Å². The van der Waals surface area contributed by atoms with Crippen molar-refractivity contribution in [2.24, 2.45) is 11.8 Å². The van der Waals surface area contributed by atoms with Gasteiger partial charge in [0.2, 0.25) is 11.8 Å². The minimum Gasteiger partial charge on any atom is -0.389 e. The fraction of sp³-hybridized carbons (Fsp3) is 0.517. The third-order valence-electron chi connectivity index (χ3n) is 7.73. The van der Waals surface area contributed by atoms with E-state index in [0.717, 1.165) is 30.0 Å². The van der Waals surface area contributed by atoms with Crippen LogP contribution in [0.2, 0.25) is 0 Å². The molecule has 2 aromatic carbocycles. The normalized spacial score (nSPS) is 23.0. The Balaban J connectivity index is 1.55. The lowest BCUT2D eigenvalue weighted by molar-refractivity contribution is -0.133. The number of aliphatic hydroxyl groups excluding tert-OH is 1. The molecule has 4 rings (SSSR count). The summed E-state index contributed by atoms with van der Waals surface area (Å²) in [7, 11) is 0. The van der Waals surface area contributed by atoms with E-state index in [1.54, 1.807) is 4.90 Å². The fourth-order valence-corrected chi connectivity index (χ4v) is 5.67. The van der Waals surface area contributed by atoms with Gasteiger partial charge < -0.3 is 20.6 Å². The molecule has 6 nitrogen and oxygen atoms in total. The molecule has 0 spiro atoms. The number of carbonyl (C=O) groups is 2. The number of rotatable bonds is 10. The van der Waals surface area contributed by atoms with Gasteiger partial charge in [0.1, 0.15) is 11.6 Å². The van der Waals surface area contributed by atoms with Gasteiger partial charge in [0.25, 0.3) is 0 Å². The number of amides is 2. The molecule has 200 valence electrons. The lowest BCUT2D eigenvalue weighted by atomic mass is 9.87. The van der Waals surface area contributed by atoms with Gasteiger partial charge in [-0.2, -0.15) is 0 Å². The molecule has 0 aromatic heterocycles. The number of hydrogen-bond acceptors (Lipinski definition) is 4. The van der Waals surface area contributed by atoms with Crippen LogP contribution in [0.5, 0.6) is 0 Å². The van der Waals surface area contributed by atoms with Crippen molar-refractivity contribution in [3.05, 3.63) is 70.8 Å². The highest BCUT2D eigenvalue weighted by Gasteiger charge is 2.44. The van der Waals surface area contributed by atoms with Crippen molar-refractivity contribution in [2.45, 2.75) is 70.7 Å². The lowest BCUT2D eigenvalue weighted by Gasteiger charge is -2.35. The summed E-state index contributed by atoms with van der Waals surface area (Å²) in [6, 6.07) is 10.1. The molecule has 2 aromatic rings. The number of benzene rings is 2. The van der Waals surface area contributed by atoms with Crippen LogP contribution in [0.1, 0.15) is 49.8 Å². The maximum atomic E-state index is 13.9. The molecule has 0 bridgehead atoms. The van der Waals surface area contributed by atoms with E-state index in [1.165, 1.54) is 12.1 Å². The average molecular weight is 514 g/mol. The van der Waals surface area contributed by atoms with Gasteiger partial charge in [0.05, 0.1) is 24.0 Å². The topological polar surface area (TPSA) is 81.7 Å². The average Bonchev–Trinajstić information content (AvgIpc) is 3.20. The van der Waals surface area contributed by atoms with Crippen molar-refractivity contribution in [2.75, 3.05) is 13.1 Å². The van der Waals surface area contributed by atoms with Crippen molar-refractivity contribution in [1.82, 2.24) is 15.5 Å². The van der Waals surface area contributed by atoms with E-state index >= 15 is 0 Å². The number of halogens is 2. The van der Waals surface area contributed by atoms with Gasteiger partial charge in [-0.1, -0.05) is 44.5 Å². The molecular weight excluding hydrogens is 476 g/mol. The van der Waals surface area contributed by atoms with Crippen molar-refractivity contribution in [3.63, 3.8) is 0 Å². The van der Waals surface area contributed by atoms with Crippen LogP contribution >= 0.6 is 0 Å². The Kier molecular flexibility index (Phi) is 8.92. The van der Waals surface area contributed by atoms with E-state index in [2.05, 4.69) is 17.6 Å². The molecule has 1 fully saturated rings. The summed E-state index contributed by atoms with van der Waals surface area (Å²) >= 11 is 0. The van der Waals surface area contributed by atoms with Crippen LogP contribution in [-0.2, 0) is 29.0 Å². The van der Waals surface area contributed by atoms with E-state index < -0.39 is 35.6 Å². The first-order valence-corrected chi connectivity index (χ1v) is 13.3. The molecule has 5 atom stereocenters. The molecular formula is C29H37F2N3O3. The number of likely N-dealkylation sites (tertiary alicyclic amines) is 1. The van der Waals surface area contributed by atoms with E-state index in [4.69, 9.17) is 0 Å². The summed E-state index contributed by atoms with van der Waals surface area (Å²) < 4.78 is 27.9. The smallest absolute Gasteiger partial charge is 0.226 e. The minimum absolute atomic E-state index is 0.00838. The Labute approximate surface area is 217 Å².